The van der Waals surface area contributed by atoms with E-state index in [4.69, 9.17) is 0 Å². The molecule has 0 saturated heterocycles. The van der Waals surface area contributed by atoms with Crippen molar-refractivity contribution in [2.75, 3.05) is 7.05 Å². The van der Waals surface area contributed by atoms with E-state index < -0.39 is 0 Å². The van der Waals surface area contributed by atoms with Crippen LogP contribution in [0, 0.1) is 5.82 Å². The molecule has 1 amide bonds. The van der Waals surface area contributed by atoms with E-state index in [0.29, 0.717) is 0 Å². The Morgan fingerprint density at radius 1 is 1.39 bits per heavy atom. The van der Waals surface area contributed by atoms with E-state index in [2.05, 4.69) is 0 Å². The standard InChI is InChI=1S/C14H17FN2O/c1-10(2)16(3)14(18)9-17-7-6-11-8-12(15)4-5-13(11)17/h4-8,10H,9H2,1-3H3. The van der Waals surface area contributed by atoms with Gasteiger partial charge < -0.3 is 9.47 Å². The number of halogens is 1. The molecule has 18 heavy (non-hydrogen) atoms. The third kappa shape index (κ3) is 2.37. The number of carbonyl (C=O) groups excluding carboxylic acids is 1. The fourth-order valence-electron chi connectivity index (χ4n) is 1.85. The molecule has 2 rings (SSSR count). The zero-order chi connectivity index (χ0) is 13.3. The fraction of sp³-hybridized carbons (Fsp3) is 0.357. The normalized spacial score (nSPS) is 11.2. The molecule has 0 spiro atoms. The Morgan fingerprint density at radius 2 is 2.11 bits per heavy atom. The van der Waals surface area contributed by atoms with Gasteiger partial charge in [-0.25, -0.2) is 4.39 Å². The van der Waals surface area contributed by atoms with Crippen LogP contribution in [0.1, 0.15) is 13.8 Å². The van der Waals surface area contributed by atoms with Gasteiger partial charge >= 0.3 is 0 Å². The molecule has 0 saturated carbocycles. The van der Waals surface area contributed by atoms with Crippen LogP contribution < -0.4 is 0 Å². The summed E-state index contributed by atoms with van der Waals surface area (Å²) < 4.78 is 14.9. The van der Waals surface area contributed by atoms with Crippen molar-refractivity contribution in [1.82, 2.24) is 9.47 Å². The molecule has 1 heterocycles. The summed E-state index contributed by atoms with van der Waals surface area (Å²) in [5, 5.41) is 0.815. The minimum Gasteiger partial charge on any atom is -0.342 e. The minimum absolute atomic E-state index is 0.0480. The van der Waals surface area contributed by atoms with Crippen molar-refractivity contribution >= 4 is 16.8 Å². The summed E-state index contributed by atoms with van der Waals surface area (Å²) in [5.74, 6) is -0.210. The molecule has 4 heteroatoms. The van der Waals surface area contributed by atoms with Gasteiger partial charge in [-0.15, -0.1) is 0 Å². The lowest BCUT2D eigenvalue weighted by Crippen LogP contribution is -2.35. The summed E-state index contributed by atoms with van der Waals surface area (Å²) >= 11 is 0. The number of nitrogens with zero attached hydrogens (tertiary/aromatic N) is 2. The van der Waals surface area contributed by atoms with Crippen LogP contribution in [-0.2, 0) is 11.3 Å². The molecule has 0 atom stereocenters. The molecule has 96 valence electrons. The number of hydrogen-bond acceptors (Lipinski definition) is 1. The van der Waals surface area contributed by atoms with Gasteiger partial charge in [0.05, 0.1) is 0 Å². The van der Waals surface area contributed by atoms with Gasteiger partial charge in [0.15, 0.2) is 0 Å². The highest BCUT2D eigenvalue weighted by atomic mass is 19.1. The smallest absolute Gasteiger partial charge is 0.242 e. The van der Waals surface area contributed by atoms with Gasteiger partial charge in [-0.05, 0) is 38.1 Å². The number of hydrogen-bond donors (Lipinski definition) is 0. The van der Waals surface area contributed by atoms with Crippen LogP contribution in [0.15, 0.2) is 30.5 Å². The Hall–Kier alpha value is -1.84. The van der Waals surface area contributed by atoms with Gasteiger partial charge in [-0.1, -0.05) is 0 Å². The summed E-state index contributed by atoms with van der Waals surface area (Å²) in [6.45, 7) is 4.23. The molecule has 0 unspecified atom stereocenters. The summed E-state index contributed by atoms with van der Waals surface area (Å²) in [6.07, 6.45) is 1.82. The van der Waals surface area contributed by atoms with Crippen LogP contribution in [0.5, 0.6) is 0 Å². The molecule has 1 aromatic heterocycles. The zero-order valence-corrected chi connectivity index (χ0v) is 10.9. The maximum Gasteiger partial charge on any atom is 0.242 e. The van der Waals surface area contributed by atoms with E-state index in [1.54, 1.807) is 18.0 Å². The molecule has 1 aromatic carbocycles. The van der Waals surface area contributed by atoms with Crippen molar-refractivity contribution in [3.05, 3.63) is 36.3 Å². The van der Waals surface area contributed by atoms with Crippen molar-refractivity contribution in [3.8, 4) is 0 Å². The second kappa shape index (κ2) is 4.80. The number of amides is 1. The molecule has 0 aliphatic rings. The van der Waals surface area contributed by atoms with Gasteiger partial charge in [0.25, 0.3) is 0 Å². The second-order valence-corrected chi connectivity index (χ2v) is 4.75. The first-order chi connectivity index (χ1) is 8.49. The maximum atomic E-state index is 13.1. The number of likely N-dealkylation sites (N-methyl/N-ethyl adjacent to an activating group) is 1. The highest BCUT2D eigenvalue weighted by Gasteiger charge is 2.13. The zero-order valence-electron chi connectivity index (χ0n) is 10.9. The topological polar surface area (TPSA) is 25.2 Å². The molecular weight excluding hydrogens is 231 g/mol. The third-order valence-corrected chi connectivity index (χ3v) is 3.21. The van der Waals surface area contributed by atoms with Crippen molar-refractivity contribution in [3.63, 3.8) is 0 Å². The van der Waals surface area contributed by atoms with Gasteiger partial charge in [0.2, 0.25) is 5.91 Å². The fourth-order valence-corrected chi connectivity index (χ4v) is 1.85. The summed E-state index contributed by atoms with van der Waals surface area (Å²) in [5.41, 5.74) is 0.877. The maximum absolute atomic E-state index is 13.1. The van der Waals surface area contributed by atoms with E-state index in [9.17, 15) is 9.18 Å². The molecule has 0 N–H and O–H groups in total. The Balaban J connectivity index is 2.25. The van der Waals surface area contributed by atoms with E-state index >= 15 is 0 Å². The molecular formula is C14H17FN2O. The number of rotatable bonds is 3. The third-order valence-electron chi connectivity index (χ3n) is 3.21. The van der Waals surface area contributed by atoms with E-state index in [0.717, 1.165) is 10.9 Å². The van der Waals surface area contributed by atoms with Crippen LogP contribution in [0.3, 0.4) is 0 Å². The molecule has 2 aromatic rings. The van der Waals surface area contributed by atoms with Gasteiger partial charge in [0.1, 0.15) is 12.4 Å². The molecule has 0 radical (unpaired) electrons. The highest BCUT2D eigenvalue weighted by molar-refractivity contribution is 5.83. The highest BCUT2D eigenvalue weighted by Crippen LogP contribution is 2.17. The summed E-state index contributed by atoms with van der Waals surface area (Å²) in [4.78, 5) is 13.7. The first-order valence-electron chi connectivity index (χ1n) is 5.99. The van der Waals surface area contributed by atoms with Crippen LogP contribution in [0.25, 0.3) is 10.9 Å². The van der Waals surface area contributed by atoms with Crippen molar-refractivity contribution in [2.45, 2.75) is 26.4 Å². The Morgan fingerprint density at radius 3 is 2.78 bits per heavy atom. The van der Waals surface area contributed by atoms with Gasteiger partial charge in [-0.3, -0.25) is 4.79 Å². The quantitative estimate of drug-likeness (QED) is 0.819. The number of aromatic nitrogens is 1. The largest absolute Gasteiger partial charge is 0.342 e. The molecule has 0 fully saturated rings. The predicted molar refractivity (Wildman–Crippen MR) is 69.8 cm³/mol. The molecule has 0 aliphatic heterocycles. The van der Waals surface area contributed by atoms with Gasteiger partial charge in [-0.2, -0.15) is 0 Å². The minimum atomic E-state index is -0.258. The molecule has 0 aliphatic carbocycles. The predicted octanol–water partition coefficient (Wildman–Crippen LogP) is 2.65. The Kier molecular flexibility index (Phi) is 3.36. The van der Waals surface area contributed by atoms with Crippen molar-refractivity contribution < 1.29 is 9.18 Å². The number of benzene rings is 1. The molecule has 0 bridgehead atoms. The summed E-state index contributed by atoms with van der Waals surface area (Å²) in [6, 6.07) is 6.59. The lowest BCUT2D eigenvalue weighted by atomic mass is 10.2. The van der Waals surface area contributed by atoms with Crippen LogP contribution in [-0.4, -0.2) is 28.5 Å². The summed E-state index contributed by atoms with van der Waals surface area (Å²) in [7, 11) is 1.79. The first kappa shape index (κ1) is 12.6. The van der Waals surface area contributed by atoms with Crippen molar-refractivity contribution in [2.24, 2.45) is 0 Å². The van der Waals surface area contributed by atoms with E-state index in [1.807, 2.05) is 30.7 Å². The molecule has 3 nitrogen and oxygen atoms in total. The van der Waals surface area contributed by atoms with Crippen LogP contribution in [0.2, 0.25) is 0 Å². The Labute approximate surface area is 106 Å². The monoisotopic (exact) mass is 248 g/mol. The van der Waals surface area contributed by atoms with Gasteiger partial charge in [0, 0.05) is 30.2 Å². The number of fused-ring (bicyclic) bond motifs is 1. The van der Waals surface area contributed by atoms with E-state index in [1.165, 1.54) is 12.1 Å². The van der Waals surface area contributed by atoms with Crippen LogP contribution in [0.4, 0.5) is 4.39 Å². The van der Waals surface area contributed by atoms with E-state index in [-0.39, 0.29) is 24.3 Å². The SMILES string of the molecule is CC(C)N(C)C(=O)Cn1ccc2cc(F)ccc21. The second-order valence-electron chi connectivity index (χ2n) is 4.75. The Bertz CT molecular complexity index is 574. The first-order valence-corrected chi connectivity index (χ1v) is 5.99. The average Bonchev–Trinajstić information content (AvgIpc) is 2.70. The average molecular weight is 248 g/mol. The van der Waals surface area contributed by atoms with Crippen LogP contribution >= 0.6 is 0 Å². The lowest BCUT2D eigenvalue weighted by molar-refractivity contribution is -0.131. The number of carbonyl (C=O) groups is 1. The van der Waals surface area contributed by atoms with Crippen molar-refractivity contribution in [1.29, 1.82) is 0 Å². The lowest BCUT2D eigenvalue weighted by Gasteiger charge is -2.21.